The number of ether oxygens (including phenoxy) is 1. The van der Waals surface area contributed by atoms with Crippen LogP contribution in [-0.2, 0) is 9.84 Å². The molecule has 2 nitrogen and oxygen atoms in total. The minimum atomic E-state index is -0.351. The van der Waals surface area contributed by atoms with E-state index in [4.69, 9.17) is 4.74 Å². The Kier molecular flexibility index (Phi) is 2.99. The molecular weight excluding hydrogens is 188 g/mol. The molecule has 2 aromatic carbocycles. The average Bonchev–Trinajstić information content (AvgIpc) is 2.31. The molecule has 1 radical (unpaired) electrons. The zero-order chi connectivity index (χ0) is 10.7. The van der Waals surface area contributed by atoms with Crippen molar-refractivity contribution in [1.29, 1.82) is 0 Å². The Morgan fingerprint density at radius 3 is 2.60 bits per heavy atom. The highest BCUT2D eigenvalue weighted by Gasteiger charge is 2.12. The molecule has 0 amide bonds. The third-order valence-corrected chi connectivity index (χ3v) is 2.61. The number of hydrogen-bond acceptors (Lipinski definition) is 1. The fraction of sp³-hybridized carbons (Fsp3) is 0.231. The summed E-state index contributed by atoms with van der Waals surface area (Å²) in [5.41, 5.74) is 0.977. The van der Waals surface area contributed by atoms with E-state index in [1.54, 1.807) is 7.11 Å². The van der Waals surface area contributed by atoms with Gasteiger partial charge in [0.25, 0.3) is 0 Å². The number of rotatable bonds is 3. The van der Waals surface area contributed by atoms with E-state index in [2.05, 4.69) is 0 Å². The zero-order valence-electron chi connectivity index (χ0n) is 8.64. The van der Waals surface area contributed by atoms with Gasteiger partial charge in [-0.1, -0.05) is 42.5 Å². The number of hydrogen-bond donors (Lipinski definition) is 0. The highest BCUT2D eigenvalue weighted by atomic mass is 16.5. The Labute approximate surface area is 89.1 Å². The van der Waals surface area contributed by atoms with Crippen molar-refractivity contribution in [2.45, 2.75) is 6.10 Å². The summed E-state index contributed by atoms with van der Waals surface area (Å²) in [6.07, 6.45) is -0.351. The van der Waals surface area contributed by atoms with Gasteiger partial charge in [0, 0.05) is 7.11 Å². The zero-order valence-corrected chi connectivity index (χ0v) is 8.64. The third-order valence-electron chi connectivity index (χ3n) is 2.61. The number of benzene rings is 2. The van der Waals surface area contributed by atoms with Crippen LogP contribution in [0, 0.1) is 0 Å². The SMILES string of the molecule is COC(C[O])c1cccc2ccccc12. The van der Waals surface area contributed by atoms with Gasteiger partial charge in [-0.25, -0.2) is 5.11 Å². The maximum Gasteiger partial charge on any atom is 0.113 e. The molecule has 0 heterocycles. The van der Waals surface area contributed by atoms with Crippen LogP contribution in [0.1, 0.15) is 11.7 Å². The lowest BCUT2D eigenvalue weighted by Gasteiger charge is -2.14. The first-order valence-corrected chi connectivity index (χ1v) is 4.95. The summed E-state index contributed by atoms with van der Waals surface area (Å²) in [5.74, 6) is 0. The van der Waals surface area contributed by atoms with Gasteiger partial charge in [0.15, 0.2) is 0 Å². The maximum absolute atomic E-state index is 11.0. The van der Waals surface area contributed by atoms with Gasteiger partial charge in [0.1, 0.15) is 12.7 Å². The predicted molar refractivity (Wildman–Crippen MR) is 59.3 cm³/mol. The van der Waals surface area contributed by atoms with E-state index in [0.717, 1.165) is 16.3 Å². The lowest BCUT2D eigenvalue weighted by atomic mass is 10.0. The molecule has 0 spiro atoms. The summed E-state index contributed by atoms with van der Waals surface area (Å²) < 4.78 is 5.18. The summed E-state index contributed by atoms with van der Waals surface area (Å²) in [6.45, 7) is -0.246. The van der Waals surface area contributed by atoms with Crippen molar-refractivity contribution in [2.24, 2.45) is 0 Å². The second-order valence-corrected chi connectivity index (χ2v) is 3.46. The van der Waals surface area contributed by atoms with Crippen molar-refractivity contribution in [3.8, 4) is 0 Å². The molecule has 77 valence electrons. The van der Waals surface area contributed by atoms with Gasteiger partial charge in [-0.3, -0.25) is 0 Å². The molecule has 15 heavy (non-hydrogen) atoms. The quantitative estimate of drug-likeness (QED) is 0.750. The molecule has 0 aliphatic rings. The summed E-state index contributed by atoms with van der Waals surface area (Å²) >= 11 is 0. The second kappa shape index (κ2) is 4.43. The van der Waals surface area contributed by atoms with E-state index in [1.165, 1.54) is 0 Å². The van der Waals surface area contributed by atoms with E-state index in [-0.39, 0.29) is 12.7 Å². The van der Waals surface area contributed by atoms with Crippen LogP contribution < -0.4 is 0 Å². The van der Waals surface area contributed by atoms with Gasteiger partial charge in [-0.05, 0) is 16.3 Å². The second-order valence-electron chi connectivity index (χ2n) is 3.46. The fourth-order valence-electron chi connectivity index (χ4n) is 1.82. The van der Waals surface area contributed by atoms with Crippen LogP contribution in [0.2, 0.25) is 0 Å². The molecule has 2 rings (SSSR count). The van der Waals surface area contributed by atoms with Crippen molar-refractivity contribution in [3.63, 3.8) is 0 Å². The van der Waals surface area contributed by atoms with E-state index >= 15 is 0 Å². The maximum atomic E-state index is 11.0. The Morgan fingerprint density at radius 2 is 1.87 bits per heavy atom. The van der Waals surface area contributed by atoms with E-state index in [1.807, 2.05) is 42.5 Å². The highest BCUT2D eigenvalue weighted by Crippen LogP contribution is 2.25. The van der Waals surface area contributed by atoms with Gasteiger partial charge >= 0.3 is 0 Å². The van der Waals surface area contributed by atoms with Gasteiger partial charge in [0.05, 0.1) is 0 Å². The molecular formula is C13H13O2. The number of fused-ring (bicyclic) bond motifs is 1. The standard InChI is InChI=1S/C13H13O2/c1-15-13(9-14)12-8-4-6-10-5-2-3-7-11(10)12/h2-8,13H,9H2,1H3. The highest BCUT2D eigenvalue weighted by molar-refractivity contribution is 5.85. The van der Waals surface area contributed by atoms with Crippen LogP contribution in [0.25, 0.3) is 10.8 Å². The lowest BCUT2D eigenvalue weighted by molar-refractivity contribution is 0.0203. The van der Waals surface area contributed by atoms with Crippen LogP contribution in [0.4, 0.5) is 0 Å². The molecule has 2 aromatic rings. The van der Waals surface area contributed by atoms with Gasteiger partial charge in [-0.2, -0.15) is 0 Å². The van der Waals surface area contributed by atoms with Crippen LogP contribution in [0.15, 0.2) is 42.5 Å². The van der Waals surface area contributed by atoms with Crippen molar-refractivity contribution >= 4 is 10.8 Å². The van der Waals surface area contributed by atoms with Gasteiger partial charge in [-0.15, -0.1) is 0 Å². The summed E-state index contributed by atoms with van der Waals surface area (Å²) in [7, 11) is 1.57. The summed E-state index contributed by atoms with van der Waals surface area (Å²) in [6, 6.07) is 14.0. The summed E-state index contributed by atoms with van der Waals surface area (Å²) in [5, 5.41) is 13.2. The van der Waals surface area contributed by atoms with Crippen LogP contribution in [0.3, 0.4) is 0 Å². The summed E-state index contributed by atoms with van der Waals surface area (Å²) in [4.78, 5) is 0. The molecule has 0 aliphatic heterocycles. The molecule has 1 atom stereocenters. The van der Waals surface area contributed by atoms with Crippen LogP contribution in [0.5, 0.6) is 0 Å². The lowest BCUT2D eigenvalue weighted by Crippen LogP contribution is -2.05. The smallest absolute Gasteiger partial charge is 0.113 e. The van der Waals surface area contributed by atoms with Gasteiger partial charge in [0.2, 0.25) is 0 Å². The first-order valence-electron chi connectivity index (χ1n) is 4.95. The van der Waals surface area contributed by atoms with E-state index in [9.17, 15) is 5.11 Å². The predicted octanol–water partition coefficient (Wildman–Crippen LogP) is 2.96. The Balaban J connectivity index is 2.59. The van der Waals surface area contributed by atoms with Crippen LogP contribution >= 0.6 is 0 Å². The fourth-order valence-corrected chi connectivity index (χ4v) is 1.82. The molecule has 0 N–H and O–H groups in total. The van der Waals surface area contributed by atoms with E-state index < -0.39 is 0 Å². The first kappa shape index (κ1) is 10.1. The largest absolute Gasteiger partial charge is 0.374 e. The molecule has 0 saturated heterocycles. The Hall–Kier alpha value is -1.38. The number of methoxy groups -OCH3 is 1. The Morgan fingerprint density at radius 1 is 1.13 bits per heavy atom. The molecule has 0 aromatic heterocycles. The average molecular weight is 201 g/mol. The van der Waals surface area contributed by atoms with Crippen molar-refractivity contribution < 1.29 is 9.84 Å². The van der Waals surface area contributed by atoms with Crippen molar-refractivity contribution in [1.82, 2.24) is 0 Å². The topological polar surface area (TPSA) is 29.1 Å². The Bertz CT molecular complexity index is 442. The molecule has 2 heteroatoms. The van der Waals surface area contributed by atoms with E-state index in [0.29, 0.717) is 0 Å². The molecule has 1 unspecified atom stereocenters. The van der Waals surface area contributed by atoms with Crippen molar-refractivity contribution in [2.75, 3.05) is 13.7 Å². The molecule has 0 fully saturated rings. The normalized spacial score (nSPS) is 12.9. The molecule has 0 bridgehead atoms. The third kappa shape index (κ3) is 1.87. The van der Waals surface area contributed by atoms with Gasteiger partial charge < -0.3 is 4.74 Å². The monoisotopic (exact) mass is 201 g/mol. The van der Waals surface area contributed by atoms with Crippen molar-refractivity contribution in [3.05, 3.63) is 48.0 Å². The minimum Gasteiger partial charge on any atom is -0.374 e. The minimum absolute atomic E-state index is 0.246. The first-order chi connectivity index (χ1) is 7.36. The molecule has 0 saturated carbocycles. The molecule has 0 aliphatic carbocycles. The van der Waals surface area contributed by atoms with Crippen LogP contribution in [-0.4, -0.2) is 13.7 Å².